The summed E-state index contributed by atoms with van der Waals surface area (Å²) in [7, 11) is 0. The molecule has 0 spiro atoms. The number of hydrogen-bond donors (Lipinski definition) is 1. The zero-order chi connectivity index (χ0) is 15.8. The molecule has 2 N–H and O–H groups in total. The van der Waals surface area contributed by atoms with Crippen LogP contribution in [-0.4, -0.2) is 36.7 Å². The molecule has 0 aliphatic carbocycles. The van der Waals surface area contributed by atoms with Crippen LogP contribution in [0.5, 0.6) is 11.5 Å². The maximum atomic E-state index is 5.89. The van der Waals surface area contributed by atoms with Gasteiger partial charge in [0.05, 0.1) is 6.61 Å². The molecule has 0 amide bonds. The molecule has 4 nitrogen and oxygen atoms in total. The third-order valence-electron chi connectivity index (χ3n) is 3.32. The Morgan fingerprint density at radius 1 is 0.952 bits per heavy atom. The van der Waals surface area contributed by atoms with Gasteiger partial charge in [-0.05, 0) is 34.1 Å². The van der Waals surface area contributed by atoms with Crippen LogP contribution in [0.2, 0.25) is 0 Å². The molecule has 0 aliphatic heterocycles. The summed E-state index contributed by atoms with van der Waals surface area (Å²) in [5.41, 5.74) is 6.56. The molecule has 120 valence electrons. The van der Waals surface area contributed by atoms with Gasteiger partial charge in [0.1, 0.15) is 18.1 Å². The molecule has 0 heterocycles. The number of nitrogens with zero attached hydrogens (tertiary/aromatic N) is 1. The van der Waals surface area contributed by atoms with Crippen LogP contribution in [0.25, 0.3) is 0 Å². The lowest BCUT2D eigenvalue weighted by Gasteiger charge is -2.30. The van der Waals surface area contributed by atoms with Crippen LogP contribution in [0.4, 0.5) is 5.69 Å². The number of rotatable bonds is 9. The summed E-state index contributed by atoms with van der Waals surface area (Å²) in [6, 6.07) is 6.60. The van der Waals surface area contributed by atoms with Gasteiger partial charge in [-0.25, -0.2) is 0 Å². The normalized spacial score (nSPS) is 11.4. The van der Waals surface area contributed by atoms with Crippen molar-refractivity contribution < 1.29 is 9.47 Å². The lowest BCUT2D eigenvalue weighted by molar-refractivity contribution is 0.142. The van der Waals surface area contributed by atoms with E-state index in [-0.39, 0.29) is 0 Å². The molecule has 0 saturated carbocycles. The molecule has 1 rings (SSSR count). The molecule has 0 unspecified atom stereocenters. The third-order valence-corrected chi connectivity index (χ3v) is 3.32. The van der Waals surface area contributed by atoms with E-state index in [0.29, 0.717) is 31.0 Å². The number of anilines is 1. The first-order valence-corrected chi connectivity index (χ1v) is 7.86. The quantitative estimate of drug-likeness (QED) is 0.708. The predicted molar refractivity (Wildman–Crippen MR) is 89.1 cm³/mol. The fourth-order valence-electron chi connectivity index (χ4n) is 2.36. The van der Waals surface area contributed by atoms with Gasteiger partial charge in [0.25, 0.3) is 0 Å². The minimum Gasteiger partial charge on any atom is -0.493 e. The summed E-state index contributed by atoms with van der Waals surface area (Å²) in [5.74, 6) is 1.55. The van der Waals surface area contributed by atoms with Crippen molar-refractivity contribution in [3.8, 4) is 11.5 Å². The van der Waals surface area contributed by atoms with E-state index in [1.807, 2.05) is 18.2 Å². The minimum absolute atomic E-state index is 0.512. The van der Waals surface area contributed by atoms with E-state index in [2.05, 4.69) is 39.5 Å². The number of benzene rings is 1. The zero-order valence-electron chi connectivity index (χ0n) is 14.1. The van der Waals surface area contributed by atoms with E-state index < -0.39 is 0 Å². The van der Waals surface area contributed by atoms with Gasteiger partial charge >= 0.3 is 0 Å². The number of nitrogen functional groups attached to an aromatic ring is 1. The van der Waals surface area contributed by atoms with Crippen molar-refractivity contribution in [1.29, 1.82) is 0 Å². The molecule has 4 heteroatoms. The molecule has 0 aliphatic rings. The van der Waals surface area contributed by atoms with E-state index in [0.717, 1.165) is 24.5 Å². The van der Waals surface area contributed by atoms with E-state index >= 15 is 0 Å². The van der Waals surface area contributed by atoms with Crippen molar-refractivity contribution >= 4 is 5.69 Å². The Morgan fingerprint density at radius 3 is 1.95 bits per heavy atom. The Balaban J connectivity index is 2.56. The predicted octanol–water partition coefficient (Wildman–Crippen LogP) is 3.56. The smallest absolute Gasteiger partial charge is 0.125 e. The maximum absolute atomic E-state index is 5.89. The lowest BCUT2D eigenvalue weighted by atomic mass is 10.2. The molecular formula is C17H30N2O2. The SMILES string of the molecule is CCCOc1cc(N)cc(OCCN(C(C)C)C(C)C)c1. The zero-order valence-corrected chi connectivity index (χ0v) is 14.1. The average molecular weight is 294 g/mol. The van der Waals surface area contributed by atoms with E-state index in [1.54, 1.807) is 0 Å². The van der Waals surface area contributed by atoms with Crippen LogP contribution in [0.3, 0.4) is 0 Å². The fraction of sp³-hybridized carbons (Fsp3) is 0.647. The fourth-order valence-corrected chi connectivity index (χ4v) is 2.36. The van der Waals surface area contributed by atoms with Crippen molar-refractivity contribution in [2.45, 2.75) is 53.1 Å². The Bertz CT molecular complexity index is 411. The number of hydrogen-bond acceptors (Lipinski definition) is 4. The summed E-state index contributed by atoms with van der Waals surface area (Å²) in [5, 5.41) is 0. The van der Waals surface area contributed by atoms with Gasteiger partial charge in [0.2, 0.25) is 0 Å². The van der Waals surface area contributed by atoms with Crippen LogP contribution in [0.15, 0.2) is 18.2 Å². The first kappa shape index (κ1) is 17.6. The summed E-state index contributed by atoms with van der Waals surface area (Å²) >= 11 is 0. The summed E-state index contributed by atoms with van der Waals surface area (Å²) < 4.78 is 11.4. The van der Waals surface area contributed by atoms with Gasteiger partial charge in [-0.1, -0.05) is 6.92 Å². The third kappa shape index (κ3) is 6.25. The Labute approximate surface area is 129 Å². The van der Waals surface area contributed by atoms with E-state index in [1.165, 1.54) is 0 Å². The van der Waals surface area contributed by atoms with Gasteiger partial charge in [-0.3, -0.25) is 4.90 Å². The lowest BCUT2D eigenvalue weighted by Crippen LogP contribution is -2.39. The van der Waals surface area contributed by atoms with E-state index in [9.17, 15) is 0 Å². The van der Waals surface area contributed by atoms with Crippen molar-refractivity contribution in [3.63, 3.8) is 0 Å². The largest absolute Gasteiger partial charge is 0.493 e. The van der Waals surface area contributed by atoms with Crippen LogP contribution < -0.4 is 15.2 Å². The second-order valence-electron chi connectivity index (χ2n) is 5.86. The molecule has 0 saturated heterocycles. The molecule has 0 fully saturated rings. The van der Waals surface area contributed by atoms with Gasteiger partial charge in [-0.2, -0.15) is 0 Å². The average Bonchev–Trinajstić information content (AvgIpc) is 2.40. The first-order chi connectivity index (χ1) is 9.93. The molecule has 0 atom stereocenters. The van der Waals surface area contributed by atoms with Gasteiger partial charge in [-0.15, -0.1) is 0 Å². The number of ether oxygens (including phenoxy) is 2. The standard InChI is InChI=1S/C17H30N2O2/c1-6-8-20-16-10-15(18)11-17(12-16)21-9-7-19(13(2)3)14(4)5/h10-14H,6-9,18H2,1-5H3. The highest BCUT2D eigenvalue weighted by Gasteiger charge is 2.13. The highest BCUT2D eigenvalue weighted by Crippen LogP contribution is 2.24. The summed E-state index contributed by atoms with van der Waals surface area (Å²) in [6.45, 7) is 13.1. The van der Waals surface area contributed by atoms with Crippen LogP contribution in [-0.2, 0) is 0 Å². The van der Waals surface area contributed by atoms with Gasteiger partial charge in [0.15, 0.2) is 0 Å². The molecule has 21 heavy (non-hydrogen) atoms. The molecule has 1 aromatic rings. The maximum Gasteiger partial charge on any atom is 0.125 e. The second kappa shape index (κ2) is 8.78. The minimum atomic E-state index is 0.512. The van der Waals surface area contributed by atoms with E-state index in [4.69, 9.17) is 15.2 Å². The van der Waals surface area contributed by atoms with Gasteiger partial charge in [0, 0.05) is 42.5 Å². The second-order valence-corrected chi connectivity index (χ2v) is 5.86. The monoisotopic (exact) mass is 294 g/mol. The van der Waals surface area contributed by atoms with Crippen molar-refractivity contribution in [1.82, 2.24) is 4.90 Å². The molecule has 1 aromatic carbocycles. The number of nitrogens with two attached hydrogens (primary N) is 1. The molecule has 0 bridgehead atoms. The van der Waals surface area contributed by atoms with Crippen LogP contribution in [0, 0.1) is 0 Å². The molecular weight excluding hydrogens is 264 g/mol. The van der Waals surface area contributed by atoms with Crippen molar-refractivity contribution in [2.24, 2.45) is 0 Å². The summed E-state index contributed by atoms with van der Waals surface area (Å²) in [6.07, 6.45) is 0.975. The van der Waals surface area contributed by atoms with Crippen molar-refractivity contribution in [2.75, 3.05) is 25.5 Å². The topological polar surface area (TPSA) is 47.7 Å². The molecule has 0 radical (unpaired) electrons. The Morgan fingerprint density at radius 2 is 1.48 bits per heavy atom. The highest BCUT2D eigenvalue weighted by molar-refractivity contribution is 5.50. The first-order valence-electron chi connectivity index (χ1n) is 7.86. The Kier molecular flexibility index (Phi) is 7.37. The Hall–Kier alpha value is -1.42. The van der Waals surface area contributed by atoms with Crippen LogP contribution >= 0.6 is 0 Å². The highest BCUT2D eigenvalue weighted by atomic mass is 16.5. The van der Waals surface area contributed by atoms with Gasteiger partial charge < -0.3 is 15.2 Å². The molecule has 0 aromatic heterocycles. The van der Waals surface area contributed by atoms with Crippen LogP contribution in [0.1, 0.15) is 41.0 Å². The summed E-state index contributed by atoms with van der Waals surface area (Å²) in [4.78, 5) is 2.40. The van der Waals surface area contributed by atoms with Crippen molar-refractivity contribution in [3.05, 3.63) is 18.2 Å².